The molecule has 1 aromatic carbocycles. The Morgan fingerprint density at radius 3 is 2.43 bits per heavy atom. The second-order valence-electron chi connectivity index (χ2n) is 8.08. The summed E-state index contributed by atoms with van der Waals surface area (Å²) in [6.45, 7) is 6.17. The van der Waals surface area contributed by atoms with E-state index in [0.29, 0.717) is 18.7 Å². The summed E-state index contributed by atoms with van der Waals surface area (Å²) >= 11 is 0. The van der Waals surface area contributed by atoms with Gasteiger partial charge in [0, 0.05) is 12.7 Å². The molecule has 2 aromatic rings. The number of carbonyl (C=O) groups is 1. The van der Waals surface area contributed by atoms with Gasteiger partial charge in [0.2, 0.25) is 15.9 Å². The second-order valence-corrected chi connectivity index (χ2v) is 9.80. The average Bonchev–Trinajstić information content (AvgIpc) is 2.61. The zero-order valence-electron chi connectivity index (χ0n) is 18.0. The van der Waals surface area contributed by atoms with Crippen molar-refractivity contribution < 1.29 is 22.7 Å². The van der Waals surface area contributed by atoms with Gasteiger partial charge in [0.25, 0.3) is 0 Å². The maximum absolute atomic E-state index is 12.7. The van der Waals surface area contributed by atoms with Gasteiger partial charge in [0.1, 0.15) is 17.9 Å². The number of anilines is 1. The van der Waals surface area contributed by atoms with Crippen molar-refractivity contribution in [1.82, 2.24) is 9.88 Å². The lowest BCUT2D eigenvalue weighted by Crippen LogP contribution is -2.24. The molecule has 0 radical (unpaired) electrons. The summed E-state index contributed by atoms with van der Waals surface area (Å²) in [5.74, 6) is -0.721. The van der Waals surface area contributed by atoms with Gasteiger partial charge in [-0.25, -0.2) is 18.2 Å². The lowest BCUT2D eigenvalue weighted by atomic mass is 10.2. The molecule has 30 heavy (non-hydrogen) atoms. The summed E-state index contributed by atoms with van der Waals surface area (Å²) in [5.41, 5.74) is 0.164. The monoisotopic (exact) mass is 435 g/mol. The summed E-state index contributed by atoms with van der Waals surface area (Å²) in [7, 11) is 0.0278. The van der Waals surface area contributed by atoms with E-state index < -0.39 is 21.6 Å². The minimum atomic E-state index is -3.76. The van der Waals surface area contributed by atoms with Gasteiger partial charge < -0.3 is 14.4 Å². The van der Waals surface area contributed by atoms with E-state index in [9.17, 15) is 13.2 Å². The van der Waals surface area contributed by atoms with E-state index in [1.54, 1.807) is 45.0 Å². The zero-order valence-corrected chi connectivity index (χ0v) is 18.8. The van der Waals surface area contributed by atoms with Crippen LogP contribution in [0, 0.1) is 0 Å². The van der Waals surface area contributed by atoms with Crippen molar-refractivity contribution in [3.05, 3.63) is 53.7 Å². The first kappa shape index (κ1) is 23.6. The summed E-state index contributed by atoms with van der Waals surface area (Å²) in [6, 6.07) is 10.2. The Morgan fingerprint density at radius 1 is 1.17 bits per heavy atom. The smallest absolute Gasteiger partial charge is 0.340 e. The van der Waals surface area contributed by atoms with E-state index >= 15 is 0 Å². The average molecular weight is 436 g/mol. The molecule has 0 bridgehead atoms. The van der Waals surface area contributed by atoms with Gasteiger partial charge in [-0.2, -0.15) is 0 Å². The normalized spacial score (nSPS) is 11.9. The predicted octanol–water partition coefficient (Wildman–Crippen LogP) is 2.92. The van der Waals surface area contributed by atoms with Gasteiger partial charge in [-0.05, 0) is 46.5 Å². The van der Waals surface area contributed by atoms with Crippen LogP contribution in [-0.2, 0) is 20.5 Å². The van der Waals surface area contributed by atoms with Crippen molar-refractivity contribution in [2.75, 3.05) is 32.0 Å². The highest BCUT2D eigenvalue weighted by molar-refractivity contribution is 7.91. The molecule has 0 saturated heterocycles. The third-order valence-electron chi connectivity index (χ3n) is 3.73. The molecule has 1 heterocycles. The first-order valence-electron chi connectivity index (χ1n) is 9.50. The van der Waals surface area contributed by atoms with E-state index in [4.69, 9.17) is 9.47 Å². The highest BCUT2D eigenvalue weighted by Crippen LogP contribution is 2.26. The molecule has 0 atom stereocenters. The Balaban J connectivity index is 2.29. The van der Waals surface area contributed by atoms with Crippen LogP contribution in [0.2, 0.25) is 0 Å². The van der Waals surface area contributed by atoms with Crippen molar-refractivity contribution in [3.63, 3.8) is 0 Å². The molecule has 0 aliphatic heterocycles. The number of sulfonamides is 1. The Kier molecular flexibility index (Phi) is 7.80. The Bertz CT molecular complexity index is 954. The highest BCUT2D eigenvalue weighted by Gasteiger charge is 2.22. The standard InChI is InChI=1S/C21H29N3O5S/c1-21(2,3)29-20(25)17-13-18(19(22-14-17)28-12-11-24(4)5)23-30(26,27)15-16-9-7-6-8-10-16/h6-10,13-14,23H,11-12,15H2,1-5H3. The van der Waals surface area contributed by atoms with E-state index in [0.717, 1.165) is 0 Å². The van der Waals surface area contributed by atoms with Crippen molar-refractivity contribution in [2.45, 2.75) is 32.1 Å². The van der Waals surface area contributed by atoms with Crippen LogP contribution in [0.1, 0.15) is 36.7 Å². The van der Waals surface area contributed by atoms with Crippen LogP contribution < -0.4 is 9.46 Å². The molecule has 9 heteroatoms. The lowest BCUT2D eigenvalue weighted by Gasteiger charge is -2.20. The minimum absolute atomic E-state index is 0.0908. The number of esters is 1. The molecular formula is C21H29N3O5S. The number of hydrogen-bond donors (Lipinski definition) is 1. The van der Waals surface area contributed by atoms with Crippen molar-refractivity contribution in [2.24, 2.45) is 0 Å². The van der Waals surface area contributed by atoms with Crippen LogP contribution in [-0.4, -0.2) is 57.1 Å². The molecule has 1 aromatic heterocycles. The van der Waals surface area contributed by atoms with Gasteiger partial charge in [0.05, 0.1) is 11.3 Å². The van der Waals surface area contributed by atoms with Gasteiger partial charge in [-0.15, -0.1) is 0 Å². The Hall–Kier alpha value is -2.65. The fraction of sp³-hybridized carbons (Fsp3) is 0.429. The first-order valence-corrected chi connectivity index (χ1v) is 11.2. The largest absolute Gasteiger partial charge is 0.475 e. The summed E-state index contributed by atoms with van der Waals surface area (Å²) in [5, 5.41) is 0. The Labute approximate surface area is 178 Å². The van der Waals surface area contributed by atoms with Crippen LogP contribution in [0.15, 0.2) is 42.6 Å². The Morgan fingerprint density at radius 2 is 1.83 bits per heavy atom. The van der Waals surface area contributed by atoms with Gasteiger partial charge in [0.15, 0.2) is 0 Å². The lowest BCUT2D eigenvalue weighted by molar-refractivity contribution is 0.00690. The number of rotatable bonds is 9. The number of pyridine rings is 1. The third kappa shape index (κ3) is 8.00. The van der Waals surface area contributed by atoms with Gasteiger partial charge in [-0.1, -0.05) is 30.3 Å². The second kappa shape index (κ2) is 9.90. The van der Waals surface area contributed by atoms with Gasteiger partial charge >= 0.3 is 5.97 Å². The molecule has 0 amide bonds. The molecule has 8 nitrogen and oxygen atoms in total. The van der Waals surface area contributed by atoms with E-state index in [1.165, 1.54) is 12.3 Å². The molecule has 164 valence electrons. The molecule has 0 saturated carbocycles. The summed E-state index contributed by atoms with van der Waals surface area (Å²) < 4.78 is 38.9. The number of aromatic nitrogens is 1. The molecular weight excluding hydrogens is 406 g/mol. The summed E-state index contributed by atoms with van der Waals surface area (Å²) in [6.07, 6.45) is 1.31. The van der Waals surface area contributed by atoms with Crippen molar-refractivity contribution in [1.29, 1.82) is 0 Å². The van der Waals surface area contributed by atoms with Crippen LogP contribution in [0.4, 0.5) is 5.69 Å². The summed E-state index contributed by atoms with van der Waals surface area (Å²) in [4.78, 5) is 18.5. The van der Waals surface area contributed by atoms with E-state index in [2.05, 4.69) is 9.71 Å². The maximum Gasteiger partial charge on any atom is 0.340 e. The van der Waals surface area contributed by atoms with E-state index in [1.807, 2.05) is 25.1 Å². The molecule has 2 rings (SSSR count). The molecule has 0 unspecified atom stereocenters. The number of benzene rings is 1. The molecule has 1 N–H and O–H groups in total. The number of carbonyl (C=O) groups excluding carboxylic acids is 1. The number of nitrogens with zero attached hydrogens (tertiary/aromatic N) is 2. The van der Waals surface area contributed by atoms with Crippen LogP contribution in [0.3, 0.4) is 0 Å². The van der Waals surface area contributed by atoms with Crippen molar-refractivity contribution >= 4 is 21.7 Å². The van der Waals surface area contributed by atoms with E-state index in [-0.39, 0.29) is 22.9 Å². The number of ether oxygens (including phenoxy) is 2. The number of nitrogens with one attached hydrogen (secondary N) is 1. The van der Waals surface area contributed by atoms with Crippen LogP contribution in [0.25, 0.3) is 0 Å². The van der Waals surface area contributed by atoms with Crippen LogP contribution in [0.5, 0.6) is 5.88 Å². The molecule has 0 fully saturated rings. The zero-order chi connectivity index (χ0) is 22.4. The quantitative estimate of drug-likeness (QED) is 0.605. The fourth-order valence-electron chi connectivity index (χ4n) is 2.41. The van der Waals surface area contributed by atoms with Crippen molar-refractivity contribution in [3.8, 4) is 5.88 Å². The maximum atomic E-state index is 12.7. The molecule has 0 aliphatic rings. The molecule has 0 spiro atoms. The predicted molar refractivity (Wildman–Crippen MR) is 116 cm³/mol. The van der Waals surface area contributed by atoms with Crippen LogP contribution >= 0.6 is 0 Å². The number of likely N-dealkylation sites (N-methyl/N-ethyl adjacent to an activating group) is 1. The third-order valence-corrected chi connectivity index (χ3v) is 4.97. The highest BCUT2D eigenvalue weighted by atomic mass is 32.2. The van der Waals surface area contributed by atoms with Gasteiger partial charge in [-0.3, -0.25) is 4.72 Å². The topological polar surface area (TPSA) is 97.8 Å². The fourth-order valence-corrected chi connectivity index (χ4v) is 3.60. The first-order chi connectivity index (χ1) is 14.0. The minimum Gasteiger partial charge on any atom is -0.475 e. The number of hydrogen-bond acceptors (Lipinski definition) is 7. The molecule has 0 aliphatic carbocycles. The SMILES string of the molecule is CN(C)CCOc1ncc(C(=O)OC(C)(C)C)cc1NS(=O)(=O)Cc1ccccc1.